The molecule has 2 aliphatic rings. The Morgan fingerprint density at radius 1 is 0.967 bits per heavy atom. The lowest BCUT2D eigenvalue weighted by atomic mass is 10.0. The first-order valence-corrected chi connectivity index (χ1v) is 11.4. The molecule has 0 radical (unpaired) electrons. The number of nitriles is 2. The van der Waals surface area contributed by atoms with Crippen molar-refractivity contribution in [2.45, 2.75) is 63.3 Å². The van der Waals surface area contributed by atoms with Gasteiger partial charge in [0.05, 0.1) is 39.0 Å². The maximum absolute atomic E-state index is 12.1. The Morgan fingerprint density at radius 2 is 1.50 bits per heavy atom. The molecule has 4 rings (SSSR count). The number of nitrogens with one attached hydrogen (secondary N) is 1. The zero-order valence-electron chi connectivity index (χ0n) is 17.7. The lowest BCUT2D eigenvalue weighted by Gasteiger charge is -2.22. The van der Waals surface area contributed by atoms with Crippen molar-refractivity contribution in [3.8, 4) is 12.1 Å². The highest BCUT2D eigenvalue weighted by Gasteiger charge is 2.29. The smallest absolute Gasteiger partial charge is 0.0994 e. The summed E-state index contributed by atoms with van der Waals surface area (Å²) in [5, 5.41) is 17.9. The summed E-state index contributed by atoms with van der Waals surface area (Å²) in [5.74, 6) is 0. The average Bonchev–Trinajstić information content (AvgIpc) is 3.31. The molecule has 0 spiro atoms. The highest BCUT2D eigenvalue weighted by Crippen LogP contribution is 2.34. The topological polar surface area (TPSA) is 103 Å². The van der Waals surface area contributed by atoms with E-state index in [4.69, 9.17) is 16.3 Å². The summed E-state index contributed by atoms with van der Waals surface area (Å²) in [6.07, 6.45) is 3.74. The van der Waals surface area contributed by atoms with Gasteiger partial charge in [-0.2, -0.15) is 10.5 Å². The van der Waals surface area contributed by atoms with Crippen molar-refractivity contribution in [2.24, 2.45) is 5.73 Å². The van der Waals surface area contributed by atoms with Crippen molar-refractivity contribution >= 4 is 11.0 Å². The molecule has 156 valence electrons. The summed E-state index contributed by atoms with van der Waals surface area (Å²) >= 11 is 0. The standard InChI is InChI=1S/C14H18N2OS.C10H10N2/c1-14(2,3)18(17)16-13-8-7-11-10(9-15)5-4-6-12(11)13;11-6-7-2-1-3-9-8(7)4-5-10(9)12/h4-6,13,16H,7-8H2,1-3H3;1-3,10H,4-5,12H2/t13?,18-;10-/m11/s1. The van der Waals surface area contributed by atoms with Gasteiger partial charge in [0.2, 0.25) is 0 Å². The maximum atomic E-state index is 12.1. The van der Waals surface area contributed by atoms with Crippen LogP contribution in [0.25, 0.3) is 0 Å². The van der Waals surface area contributed by atoms with E-state index in [1.54, 1.807) is 0 Å². The van der Waals surface area contributed by atoms with Crippen LogP contribution < -0.4 is 10.5 Å². The van der Waals surface area contributed by atoms with Crippen molar-refractivity contribution < 1.29 is 4.21 Å². The number of hydrogen-bond acceptors (Lipinski definition) is 4. The maximum Gasteiger partial charge on any atom is 0.0994 e. The van der Waals surface area contributed by atoms with Gasteiger partial charge in [-0.05, 0) is 80.8 Å². The summed E-state index contributed by atoms with van der Waals surface area (Å²) in [6, 6.07) is 16.2. The van der Waals surface area contributed by atoms with Gasteiger partial charge in [0, 0.05) is 12.1 Å². The Bertz CT molecular complexity index is 1040. The quantitative estimate of drug-likeness (QED) is 0.763. The van der Waals surface area contributed by atoms with E-state index in [9.17, 15) is 4.21 Å². The second kappa shape index (κ2) is 9.10. The zero-order chi connectivity index (χ0) is 21.9. The fourth-order valence-corrected chi connectivity index (χ4v) is 4.84. The third-order valence-corrected chi connectivity index (χ3v) is 7.25. The molecule has 0 heterocycles. The van der Waals surface area contributed by atoms with Crippen molar-refractivity contribution in [3.05, 3.63) is 69.8 Å². The third kappa shape index (κ3) is 4.63. The fraction of sp³-hybridized carbons (Fsp3) is 0.417. The molecule has 30 heavy (non-hydrogen) atoms. The van der Waals surface area contributed by atoms with Gasteiger partial charge in [0.25, 0.3) is 0 Å². The van der Waals surface area contributed by atoms with Crippen molar-refractivity contribution in [3.63, 3.8) is 0 Å². The van der Waals surface area contributed by atoms with Crippen LogP contribution in [0.5, 0.6) is 0 Å². The van der Waals surface area contributed by atoms with Gasteiger partial charge in [-0.25, -0.2) is 8.93 Å². The second-order valence-electron chi connectivity index (χ2n) is 8.71. The molecule has 1 unspecified atom stereocenters. The molecule has 3 N–H and O–H groups in total. The molecule has 2 aromatic rings. The Labute approximate surface area is 181 Å². The number of nitrogens with two attached hydrogens (primary N) is 1. The lowest BCUT2D eigenvalue weighted by molar-refractivity contribution is 0.596. The van der Waals surface area contributed by atoms with E-state index in [1.807, 2.05) is 57.2 Å². The van der Waals surface area contributed by atoms with E-state index in [2.05, 4.69) is 16.9 Å². The second-order valence-corrected chi connectivity index (χ2v) is 10.7. The van der Waals surface area contributed by atoms with Crippen molar-refractivity contribution in [1.29, 1.82) is 10.5 Å². The van der Waals surface area contributed by atoms with Crippen LogP contribution >= 0.6 is 0 Å². The minimum absolute atomic E-state index is 0.105. The van der Waals surface area contributed by atoms with E-state index in [0.717, 1.165) is 59.1 Å². The predicted molar refractivity (Wildman–Crippen MR) is 120 cm³/mol. The number of fused-ring (bicyclic) bond motifs is 2. The number of benzene rings is 2. The van der Waals surface area contributed by atoms with E-state index >= 15 is 0 Å². The fourth-order valence-electron chi connectivity index (χ4n) is 3.98. The van der Waals surface area contributed by atoms with Crippen LogP contribution in [0.15, 0.2) is 36.4 Å². The van der Waals surface area contributed by atoms with Crippen LogP contribution in [-0.2, 0) is 23.8 Å². The SMILES string of the molecule is CC(C)(C)[S@@](=O)NC1CCc2c(C#N)cccc21.N#Cc1cccc2c1CC[C@H]2N. The molecule has 0 saturated carbocycles. The van der Waals surface area contributed by atoms with Crippen LogP contribution in [0.4, 0.5) is 0 Å². The molecule has 0 aromatic heterocycles. The van der Waals surface area contributed by atoms with Gasteiger partial charge in [-0.15, -0.1) is 0 Å². The first-order chi connectivity index (χ1) is 14.3. The van der Waals surface area contributed by atoms with E-state index < -0.39 is 11.0 Å². The minimum atomic E-state index is -1.08. The number of hydrogen-bond donors (Lipinski definition) is 2. The molecule has 0 bridgehead atoms. The van der Waals surface area contributed by atoms with Crippen LogP contribution in [0.2, 0.25) is 0 Å². The van der Waals surface area contributed by atoms with Crippen LogP contribution in [-0.4, -0.2) is 8.96 Å². The molecule has 0 aliphatic heterocycles. The lowest BCUT2D eigenvalue weighted by Crippen LogP contribution is -2.35. The summed E-state index contributed by atoms with van der Waals surface area (Å²) in [5.41, 5.74) is 12.0. The Hall–Kier alpha value is -2.51. The molecular weight excluding hydrogens is 392 g/mol. The minimum Gasteiger partial charge on any atom is -0.324 e. The molecule has 2 aromatic carbocycles. The first-order valence-electron chi connectivity index (χ1n) is 10.2. The Morgan fingerprint density at radius 3 is 2.07 bits per heavy atom. The molecule has 2 aliphatic carbocycles. The van der Waals surface area contributed by atoms with Gasteiger partial charge in [-0.3, -0.25) is 0 Å². The molecule has 0 fully saturated rings. The molecule has 0 saturated heterocycles. The largest absolute Gasteiger partial charge is 0.324 e. The highest BCUT2D eigenvalue weighted by atomic mass is 32.2. The first kappa shape index (κ1) is 22.2. The summed E-state index contributed by atoms with van der Waals surface area (Å²) in [7, 11) is -1.08. The van der Waals surface area contributed by atoms with Crippen molar-refractivity contribution in [1.82, 2.24) is 4.72 Å². The Kier molecular flexibility index (Phi) is 6.73. The third-order valence-electron chi connectivity index (χ3n) is 5.63. The summed E-state index contributed by atoms with van der Waals surface area (Å²) < 4.78 is 15.0. The summed E-state index contributed by atoms with van der Waals surface area (Å²) in [6.45, 7) is 5.87. The molecule has 0 amide bonds. The number of rotatable bonds is 2. The zero-order valence-corrected chi connectivity index (χ0v) is 18.6. The molecule has 5 nitrogen and oxygen atoms in total. The van der Waals surface area contributed by atoms with Crippen LogP contribution in [0.3, 0.4) is 0 Å². The van der Waals surface area contributed by atoms with Crippen molar-refractivity contribution in [2.75, 3.05) is 0 Å². The van der Waals surface area contributed by atoms with Gasteiger partial charge < -0.3 is 5.73 Å². The average molecular weight is 421 g/mol. The molecule has 3 atom stereocenters. The van der Waals surface area contributed by atoms with Crippen LogP contribution in [0, 0.1) is 22.7 Å². The summed E-state index contributed by atoms with van der Waals surface area (Å²) in [4.78, 5) is 0. The van der Waals surface area contributed by atoms with Gasteiger partial charge in [0.15, 0.2) is 0 Å². The highest BCUT2D eigenvalue weighted by molar-refractivity contribution is 7.84. The normalized spacial score (nSPS) is 20.2. The predicted octanol–water partition coefficient (Wildman–Crippen LogP) is 4.10. The Balaban J connectivity index is 0.000000184. The van der Waals surface area contributed by atoms with E-state index in [1.165, 1.54) is 0 Å². The monoisotopic (exact) mass is 420 g/mol. The van der Waals surface area contributed by atoms with E-state index in [-0.39, 0.29) is 16.8 Å². The van der Waals surface area contributed by atoms with Gasteiger partial charge in [-0.1, -0.05) is 24.3 Å². The molecule has 6 heteroatoms. The number of nitrogens with zero attached hydrogens (tertiary/aromatic N) is 2. The molecular formula is C24H28N4OS. The van der Waals surface area contributed by atoms with E-state index in [0.29, 0.717) is 0 Å². The van der Waals surface area contributed by atoms with Gasteiger partial charge >= 0.3 is 0 Å². The van der Waals surface area contributed by atoms with Gasteiger partial charge in [0.1, 0.15) is 0 Å². The van der Waals surface area contributed by atoms with Crippen LogP contribution in [0.1, 0.15) is 79.1 Å².